The molecule has 0 bridgehead atoms. The van der Waals surface area contributed by atoms with Crippen LogP contribution in [0.25, 0.3) is 0 Å². The lowest BCUT2D eigenvalue weighted by molar-refractivity contribution is -0.143. The lowest BCUT2D eigenvalue weighted by atomic mass is 9.81. The first-order valence-electron chi connectivity index (χ1n) is 4.58. The zero-order valence-corrected chi connectivity index (χ0v) is 8.20. The molecular formula is C11H12FNO. The summed E-state index contributed by atoms with van der Waals surface area (Å²) in [6, 6.07) is 8.90. The van der Waals surface area contributed by atoms with E-state index in [1.807, 2.05) is 6.07 Å². The Balaban J connectivity index is 2.29. The fourth-order valence-corrected chi connectivity index (χ4v) is 1.61. The first-order valence-corrected chi connectivity index (χ1v) is 4.58. The van der Waals surface area contributed by atoms with Crippen LogP contribution in [-0.4, -0.2) is 12.2 Å². The molecule has 1 aliphatic rings. The highest BCUT2D eigenvalue weighted by molar-refractivity contribution is 6.04. The zero-order valence-electron chi connectivity index (χ0n) is 8.20. The Bertz CT molecular complexity index is 361. The maximum Gasteiger partial charge on any atom is 0.239 e. The highest BCUT2D eigenvalue weighted by atomic mass is 19.1. The maximum atomic E-state index is 13.6. The van der Waals surface area contributed by atoms with Crippen molar-refractivity contribution < 1.29 is 9.18 Å². The minimum atomic E-state index is -1.21. The lowest BCUT2D eigenvalue weighted by Crippen LogP contribution is -2.64. The van der Waals surface area contributed by atoms with Crippen molar-refractivity contribution in [3.8, 4) is 0 Å². The van der Waals surface area contributed by atoms with Gasteiger partial charge in [0.15, 0.2) is 6.30 Å². The molecule has 0 aromatic heterocycles. The van der Waals surface area contributed by atoms with Crippen LogP contribution in [0.3, 0.4) is 0 Å². The molecule has 1 saturated heterocycles. The Morgan fingerprint density at radius 3 is 2.36 bits per heavy atom. The molecule has 1 fully saturated rings. The number of alkyl halides is 1. The van der Waals surface area contributed by atoms with Gasteiger partial charge in [-0.2, -0.15) is 0 Å². The Morgan fingerprint density at radius 2 is 1.86 bits per heavy atom. The lowest BCUT2D eigenvalue weighted by Gasteiger charge is -2.47. The Morgan fingerprint density at radius 1 is 1.29 bits per heavy atom. The minimum Gasteiger partial charge on any atom is -0.279 e. The van der Waals surface area contributed by atoms with Gasteiger partial charge in [-0.15, -0.1) is 0 Å². The second-order valence-corrected chi connectivity index (χ2v) is 4.07. The van der Waals surface area contributed by atoms with Gasteiger partial charge in [-0.1, -0.05) is 18.2 Å². The first-order chi connectivity index (χ1) is 6.55. The molecule has 2 nitrogen and oxygen atoms in total. The van der Waals surface area contributed by atoms with Gasteiger partial charge in [-0.3, -0.25) is 9.69 Å². The fourth-order valence-electron chi connectivity index (χ4n) is 1.61. The first kappa shape index (κ1) is 9.19. The van der Waals surface area contributed by atoms with Crippen LogP contribution in [0.1, 0.15) is 13.8 Å². The molecule has 14 heavy (non-hydrogen) atoms. The molecular weight excluding hydrogens is 181 g/mol. The predicted octanol–water partition coefficient (Wildman–Crippen LogP) is 2.36. The smallest absolute Gasteiger partial charge is 0.239 e. The van der Waals surface area contributed by atoms with Crippen LogP contribution in [0.15, 0.2) is 30.3 Å². The summed E-state index contributed by atoms with van der Waals surface area (Å²) in [4.78, 5) is 12.8. The average molecular weight is 193 g/mol. The highest BCUT2D eigenvalue weighted by Crippen LogP contribution is 2.42. The normalized spacial score (nSPS) is 24.6. The van der Waals surface area contributed by atoms with Crippen molar-refractivity contribution in [2.45, 2.75) is 20.1 Å². The number of carbonyl (C=O) groups excluding carboxylic acids is 1. The van der Waals surface area contributed by atoms with Gasteiger partial charge in [-0.05, 0) is 26.0 Å². The summed E-state index contributed by atoms with van der Waals surface area (Å²) in [6.45, 7) is 3.25. The number of rotatable bonds is 1. The van der Waals surface area contributed by atoms with Crippen LogP contribution in [-0.2, 0) is 4.79 Å². The van der Waals surface area contributed by atoms with Gasteiger partial charge in [0.2, 0.25) is 5.91 Å². The van der Waals surface area contributed by atoms with E-state index < -0.39 is 11.7 Å². The van der Waals surface area contributed by atoms with E-state index in [1.54, 1.807) is 38.1 Å². The van der Waals surface area contributed by atoms with Gasteiger partial charge < -0.3 is 0 Å². The SMILES string of the molecule is CC1(C)C(=O)N(c2ccccc2)C1F. The number of amides is 1. The molecule has 0 spiro atoms. The second kappa shape index (κ2) is 2.80. The number of anilines is 1. The molecule has 0 saturated carbocycles. The molecule has 74 valence electrons. The van der Waals surface area contributed by atoms with Gasteiger partial charge in [-0.25, -0.2) is 4.39 Å². The summed E-state index contributed by atoms with van der Waals surface area (Å²) in [5.41, 5.74) is -0.236. The molecule has 2 rings (SSSR count). The molecule has 1 aromatic carbocycles. The van der Waals surface area contributed by atoms with Crippen LogP contribution >= 0.6 is 0 Å². The molecule has 1 heterocycles. The van der Waals surface area contributed by atoms with Crippen molar-refractivity contribution in [1.82, 2.24) is 0 Å². The van der Waals surface area contributed by atoms with Crippen LogP contribution in [0, 0.1) is 5.41 Å². The number of β-lactam (4-membered cyclic amide) rings is 1. The monoisotopic (exact) mass is 193 g/mol. The van der Waals surface area contributed by atoms with Crippen molar-refractivity contribution in [2.75, 3.05) is 4.90 Å². The third kappa shape index (κ3) is 1.05. The summed E-state index contributed by atoms with van der Waals surface area (Å²) in [7, 11) is 0. The van der Waals surface area contributed by atoms with Crippen molar-refractivity contribution in [3.63, 3.8) is 0 Å². The van der Waals surface area contributed by atoms with E-state index >= 15 is 0 Å². The maximum absolute atomic E-state index is 13.6. The predicted molar refractivity (Wildman–Crippen MR) is 52.6 cm³/mol. The molecule has 1 aromatic rings. The van der Waals surface area contributed by atoms with E-state index in [9.17, 15) is 9.18 Å². The zero-order chi connectivity index (χ0) is 10.3. The minimum absolute atomic E-state index is 0.156. The van der Waals surface area contributed by atoms with Crippen molar-refractivity contribution in [2.24, 2.45) is 5.41 Å². The number of halogens is 1. The number of hydrogen-bond donors (Lipinski definition) is 0. The van der Waals surface area contributed by atoms with Crippen molar-refractivity contribution in [1.29, 1.82) is 0 Å². The van der Waals surface area contributed by atoms with Gasteiger partial charge in [0.1, 0.15) is 0 Å². The average Bonchev–Trinajstić information content (AvgIpc) is 2.20. The molecule has 0 aliphatic carbocycles. The quantitative estimate of drug-likeness (QED) is 0.495. The van der Waals surface area contributed by atoms with Crippen molar-refractivity contribution >= 4 is 11.6 Å². The summed E-state index contributed by atoms with van der Waals surface area (Å²) in [6.07, 6.45) is -1.21. The Kier molecular flexibility index (Phi) is 1.84. The van der Waals surface area contributed by atoms with E-state index in [4.69, 9.17) is 0 Å². The molecule has 1 unspecified atom stereocenters. The number of carbonyl (C=O) groups is 1. The summed E-state index contributed by atoms with van der Waals surface area (Å²) in [5, 5.41) is 0. The molecule has 1 amide bonds. The third-order valence-corrected chi connectivity index (χ3v) is 2.63. The number of para-hydroxylation sites is 1. The van der Waals surface area contributed by atoms with E-state index in [2.05, 4.69) is 0 Å². The Hall–Kier alpha value is -1.38. The molecule has 0 radical (unpaired) electrons. The van der Waals surface area contributed by atoms with E-state index in [-0.39, 0.29) is 5.91 Å². The summed E-state index contributed by atoms with van der Waals surface area (Å²) >= 11 is 0. The molecule has 1 atom stereocenters. The standard InChI is InChI=1S/C11H12FNO/c1-11(2)9(12)13(10(11)14)8-6-4-3-5-7-8/h3-7,9H,1-2H3. The van der Waals surface area contributed by atoms with Crippen LogP contribution in [0.5, 0.6) is 0 Å². The molecule has 3 heteroatoms. The highest BCUT2D eigenvalue weighted by Gasteiger charge is 2.55. The topological polar surface area (TPSA) is 20.3 Å². The van der Waals surface area contributed by atoms with Gasteiger partial charge in [0.25, 0.3) is 0 Å². The largest absolute Gasteiger partial charge is 0.279 e. The van der Waals surface area contributed by atoms with Gasteiger partial charge >= 0.3 is 0 Å². The third-order valence-electron chi connectivity index (χ3n) is 2.63. The Labute approximate surface area is 82.3 Å². The second-order valence-electron chi connectivity index (χ2n) is 4.07. The molecule has 1 aliphatic heterocycles. The summed E-state index contributed by atoms with van der Waals surface area (Å²) in [5.74, 6) is -0.156. The van der Waals surface area contributed by atoms with E-state index in [0.717, 1.165) is 0 Å². The number of hydrogen-bond acceptors (Lipinski definition) is 1. The number of nitrogens with zero attached hydrogens (tertiary/aromatic N) is 1. The van der Waals surface area contributed by atoms with E-state index in [0.29, 0.717) is 5.69 Å². The fraction of sp³-hybridized carbons (Fsp3) is 0.364. The van der Waals surface area contributed by atoms with Gasteiger partial charge in [0.05, 0.1) is 5.41 Å². The van der Waals surface area contributed by atoms with E-state index in [1.165, 1.54) is 4.90 Å². The summed E-state index contributed by atoms with van der Waals surface area (Å²) < 4.78 is 13.6. The van der Waals surface area contributed by atoms with Gasteiger partial charge in [0, 0.05) is 5.69 Å². The van der Waals surface area contributed by atoms with Crippen molar-refractivity contribution in [3.05, 3.63) is 30.3 Å². The molecule has 0 N–H and O–H groups in total. The number of benzene rings is 1. The van der Waals surface area contributed by atoms with Crippen LogP contribution < -0.4 is 4.90 Å². The van der Waals surface area contributed by atoms with Crippen LogP contribution in [0.4, 0.5) is 10.1 Å². The van der Waals surface area contributed by atoms with Crippen LogP contribution in [0.2, 0.25) is 0 Å².